The molecule has 0 bridgehead atoms. The molecule has 0 aromatic heterocycles. The van der Waals surface area contributed by atoms with Crippen molar-refractivity contribution in [2.45, 2.75) is 46.1 Å². The fourth-order valence-corrected chi connectivity index (χ4v) is 3.17. The van der Waals surface area contributed by atoms with Crippen LogP contribution < -0.4 is 5.73 Å². The summed E-state index contributed by atoms with van der Waals surface area (Å²) >= 11 is 0. The number of hydrogen-bond acceptors (Lipinski definition) is 3. The highest BCUT2D eigenvalue weighted by atomic mass is 16.2. The largest absolute Gasteiger partial charge is 0.341 e. The maximum atomic E-state index is 12.8. The fourth-order valence-electron chi connectivity index (χ4n) is 3.17. The Bertz CT molecular complexity index is 294. The van der Waals surface area contributed by atoms with Gasteiger partial charge in [-0.25, -0.2) is 0 Å². The van der Waals surface area contributed by atoms with Crippen molar-refractivity contribution < 1.29 is 4.79 Å². The number of rotatable bonds is 6. The van der Waals surface area contributed by atoms with Crippen molar-refractivity contribution >= 4 is 5.91 Å². The minimum absolute atomic E-state index is 0.134. The van der Waals surface area contributed by atoms with Crippen LogP contribution in [0.2, 0.25) is 0 Å². The maximum Gasteiger partial charge on any atom is 0.225 e. The van der Waals surface area contributed by atoms with Crippen molar-refractivity contribution in [3.8, 4) is 0 Å². The number of carbonyl (C=O) groups is 1. The van der Waals surface area contributed by atoms with Crippen LogP contribution in [0.1, 0.15) is 40.0 Å². The van der Waals surface area contributed by atoms with Gasteiger partial charge in [-0.1, -0.05) is 20.8 Å². The van der Waals surface area contributed by atoms with E-state index in [1.807, 2.05) is 0 Å². The Labute approximate surface area is 124 Å². The van der Waals surface area contributed by atoms with E-state index in [1.54, 1.807) is 0 Å². The summed E-state index contributed by atoms with van der Waals surface area (Å²) in [6, 6.07) is 0.197. The summed E-state index contributed by atoms with van der Waals surface area (Å²) < 4.78 is 0. The topological polar surface area (TPSA) is 49.6 Å². The van der Waals surface area contributed by atoms with Crippen LogP contribution in [-0.4, -0.2) is 55.5 Å². The molecule has 4 heteroatoms. The van der Waals surface area contributed by atoms with E-state index in [9.17, 15) is 4.79 Å². The number of amides is 1. The SMILES string of the molecule is CC(C)CN(CCN(C)C)C(=O)C1CC(C)CC(N)C1. The molecule has 0 aromatic rings. The molecule has 1 aliphatic carbocycles. The van der Waals surface area contributed by atoms with E-state index in [1.165, 1.54) is 0 Å². The standard InChI is InChI=1S/C16H33N3O/c1-12(2)11-19(7-6-18(4)5)16(20)14-8-13(3)9-15(17)10-14/h12-15H,6-11,17H2,1-5H3. The van der Waals surface area contributed by atoms with E-state index >= 15 is 0 Å². The zero-order chi connectivity index (χ0) is 15.3. The van der Waals surface area contributed by atoms with Crippen molar-refractivity contribution in [3.05, 3.63) is 0 Å². The van der Waals surface area contributed by atoms with E-state index in [-0.39, 0.29) is 12.0 Å². The van der Waals surface area contributed by atoms with Gasteiger partial charge in [0, 0.05) is 31.6 Å². The highest BCUT2D eigenvalue weighted by Gasteiger charge is 2.32. The normalized spacial score (nSPS) is 27.1. The summed E-state index contributed by atoms with van der Waals surface area (Å²) in [5.74, 6) is 1.54. The van der Waals surface area contributed by atoms with E-state index in [2.05, 4.69) is 44.7 Å². The Morgan fingerprint density at radius 3 is 2.35 bits per heavy atom. The molecular formula is C16H33N3O. The zero-order valence-electron chi connectivity index (χ0n) is 13.9. The fraction of sp³-hybridized carbons (Fsp3) is 0.938. The maximum absolute atomic E-state index is 12.8. The molecule has 0 heterocycles. The lowest BCUT2D eigenvalue weighted by molar-refractivity contribution is -0.138. The molecule has 0 aliphatic heterocycles. The number of hydrogen-bond donors (Lipinski definition) is 1. The molecule has 1 aliphatic rings. The van der Waals surface area contributed by atoms with Gasteiger partial charge in [0.25, 0.3) is 0 Å². The molecule has 1 amide bonds. The molecule has 118 valence electrons. The Morgan fingerprint density at radius 2 is 1.85 bits per heavy atom. The predicted molar refractivity (Wildman–Crippen MR) is 84.5 cm³/mol. The molecule has 0 spiro atoms. The van der Waals surface area contributed by atoms with Crippen LogP contribution >= 0.6 is 0 Å². The van der Waals surface area contributed by atoms with Crippen LogP contribution in [0, 0.1) is 17.8 Å². The van der Waals surface area contributed by atoms with Crippen LogP contribution in [0.3, 0.4) is 0 Å². The Balaban J connectivity index is 2.65. The molecule has 0 aromatic carbocycles. The molecule has 0 radical (unpaired) electrons. The highest BCUT2D eigenvalue weighted by molar-refractivity contribution is 5.79. The second-order valence-electron chi connectivity index (χ2n) is 7.25. The second kappa shape index (κ2) is 7.99. The monoisotopic (exact) mass is 283 g/mol. The molecule has 1 saturated carbocycles. The average molecular weight is 283 g/mol. The van der Waals surface area contributed by atoms with Gasteiger partial charge in [0.2, 0.25) is 5.91 Å². The first kappa shape index (κ1) is 17.4. The van der Waals surface area contributed by atoms with Gasteiger partial charge in [-0.15, -0.1) is 0 Å². The van der Waals surface area contributed by atoms with Crippen molar-refractivity contribution in [1.82, 2.24) is 9.80 Å². The van der Waals surface area contributed by atoms with Gasteiger partial charge in [-0.2, -0.15) is 0 Å². The quantitative estimate of drug-likeness (QED) is 0.808. The van der Waals surface area contributed by atoms with Gasteiger partial charge >= 0.3 is 0 Å². The molecule has 2 N–H and O–H groups in total. The van der Waals surface area contributed by atoms with Crippen molar-refractivity contribution in [2.75, 3.05) is 33.7 Å². The van der Waals surface area contributed by atoms with E-state index in [4.69, 9.17) is 5.73 Å². The van der Waals surface area contributed by atoms with Gasteiger partial charge in [-0.3, -0.25) is 4.79 Å². The van der Waals surface area contributed by atoms with E-state index in [0.29, 0.717) is 17.7 Å². The summed E-state index contributed by atoms with van der Waals surface area (Å²) in [4.78, 5) is 17.0. The average Bonchev–Trinajstić information content (AvgIpc) is 2.31. The molecule has 3 atom stereocenters. The molecular weight excluding hydrogens is 250 g/mol. The number of likely N-dealkylation sites (N-methyl/N-ethyl adjacent to an activating group) is 1. The highest BCUT2D eigenvalue weighted by Crippen LogP contribution is 2.29. The first-order valence-electron chi connectivity index (χ1n) is 7.98. The van der Waals surface area contributed by atoms with E-state index < -0.39 is 0 Å². The summed E-state index contributed by atoms with van der Waals surface area (Å²) in [6.45, 7) is 9.16. The van der Waals surface area contributed by atoms with Crippen molar-refractivity contribution in [1.29, 1.82) is 0 Å². The summed E-state index contributed by atoms with van der Waals surface area (Å²) in [7, 11) is 4.10. The lowest BCUT2D eigenvalue weighted by Gasteiger charge is -2.35. The third-order valence-corrected chi connectivity index (χ3v) is 4.04. The van der Waals surface area contributed by atoms with Crippen molar-refractivity contribution in [3.63, 3.8) is 0 Å². The van der Waals surface area contributed by atoms with Crippen LogP contribution in [0.15, 0.2) is 0 Å². The third-order valence-electron chi connectivity index (χ3n) is 4.04. The third kappa shape index (κ3) is 5.80. The molecule has 20 heavy (non-hydrogen) atoms. The first-order valence-corrected chi connectivity index (χ1v) is 7.98. The number of carbonyl (C=O) groups excluding carboxylic acids is 1. The lowest BCUT2D eigenvalue weighted by Crippen LogP contribution is -2.45. The summed E-state index contributed by atoms with van der Waals surface area (Å²) in [5, 5.41) is 0. The van der Waals surface area contributed by atoms with Crippen LogP contribution in [-0.2, 0) is 4.79 Å². The first-order chi connectivity index (χ1) is 9.29. The Morgan fingerprint density at radius 1 is 1.20 bits per heavy atom. The Hall–Kier alpha value is -0.610. The number of nitrogens with two attached hydrogens (primary N) is 1. The van der Waals surface area contributed by atoms with Gasteiger partial charge in [0.15, 0.2) is 0 Å². The molecule has 1 rings (SSSR count). The molecule has 1 fully saturated rings. The van der Waals surface area contributed by atoms with Gasteiger partial charge in [-0.05, 0) is 45.2 Å². The van der Waals surface area contributed by atoms with Gasteiger partial charge < -0.3 is 15.5 Å². The van der Waals surface area contributed by atoms with Crippen molar-refractivity contribution in [2.24, 2.45) is 23.5 Å². The summed E-state index contributed by atoms with van der Waals surface area (Å²) in [6.07, 6.45) is 2.93. The van der Waals surface area contributed by atoms with Gasteiger partial charge in [0.05, 0.1) is 0 Å². The molecule has 0 saturated heterocycles. The molecule has 3 unspecified atom stereocenters. The summed E-state index contributed by atoms with van der Waals surface area (Å²) in [5.41, 5.74) is 6.10. The predicted octanol–water partition coefficient (Wildman–Crippen LogP) is 1.80. The zero-order valence-corrected chi connectivity index (χ0v) is 13.9. The second-order valence-corrected chi connectivity index (χ2v) is 7.25. The van der Waals surface area contributed by atoms with E-state index in [0.717, 1.165) is 38.9 Å². The Kier molecular flexibility index (Phi) is 6.96. The minimum Gasteiger partial charge on any atom is -0.341 e. The number of nitrogens with zero attached hydrogens (tertiary/aromatic N) is 2. The van der Waals surface area contributed by atoms with Crippen LogP contribution in [0.4, 0.5) is 0 Å². The molecule has 4 nitrogen and oxygen atoms in total. The smallest absolute Gasteiger partial charge is 0.225 e. The van der Waals surface area contributed by atoms with Crippen LogP contribution in [0.5, 0.6) is 0 Å². The lowest BCUT2D eigenvalue weighted by atomic mass is 9.79. The van der Waals surface area contributed by atoms with Crippen LogP contribution in [0.25, 0.3) is 0 Å². The van der Waals surface area contributed by atoms with Gasteiger partial charge in [0.1, 0.15) is 0 Å². The minimum atomic E-state index is 0.134.